The molecule has 2 aromatic carbocycles. The molecule has 0 bridgehead atoms. The van der Waals surface area contributed by atoms with Crippen molar-refractivity contribution in [2.45, 2.75) is 0 Å². The van der Waals surface area contributed by atoms with E-state index >= 15 is 0 Å². The van der Waals surface area contributed by atoms with Gasteiger partial charge in [-0.05, 0) is 48.6 Å². The lowest BCUT2D eigenvalue weighted by Crippen LogP contribution is -1.86. The quantitative estimate of drug-likeness (QED) is 0.425. The average Bonchev–Trinajstić information content (AvgIpc) is 3.26. The van der Waals surface area contributed by atoms with Crippen molar-refractivity contribution in [3.8, 4) is 11.3 Å². The number of furan rings is 1. The van der Waals surface area contributed by atoms with Crippen molar-refractivity contribution in [1.29, 1.82) is 0 Å². The van der Waals surface area contributed by atoms with Gasteiger partial charge in [0, 0.05) is 17.7 Å². The Morgan fingerprint density at radius 3 is 2.56 bits per heavy atom. The molecule has 6 nitrogen and oxygen atoms in total. The molecule has 1 N–H and O–H groups in total. The summed E-state index contributed by atoms with van der Waals surface area (Å²) in [7, 11) is 0. The number of fused-ring (bicyclic) bond motifs is 1. The second-order valence-corrected chi connectivity index (χ2v) is 5.48. The van der Waals surface area contributed by atoms with Crippen LogP contribution in [0.2, 0.25) is 0 Å². The molecule has 122 valence electrons. The summed E-state index contributed by atoms with van der Waals surface area (Å²) < 4.78 is 5.77. The van der Waals surface area contributed by atoms with E-state index < -0.39 is 4.92 Å². The first-order valence-corrected chi connectivity index (χ1v) is 7.66. The molecule has 0 spiro atoms. The number of imidazole rings is 1. The Morgan fingerprint density at radius 2 is 1.80 bits per heavy atom. The molecule has 0 fully saturated rings. The zero-order valence-electron chi connectivity index (χ0n) is 13.0. The summed E-state index contributed by atoms with van der Waals surface area (Å²) >= 11 is 0. The Labute approximate surface area is 142 Å². The molecule has 0 aliphatic carbocycles. The Hall–Kier alpha value is -3.67. The minimum Gasteiger partial charge on any atom is -0.457 e. The number of aromatic nitrogens is 2. The van der Waals surface area contributed by atoms with E-state index in [0.29, 0.717) is 11.5 Å². The predicted molar refractivity (Wildman–Crippen MR) is 95.8 cm³/mol. The lowest BCUT2D eigenvalue weighted by molar-refractivity contribution is -0.384. The Morgan fingerprint density at radius 1 is 1.00 bits per heavy atom. The molecule has 0 unspecified atom stereocenters. The van der Waals surface area contributed by atoms with Crippen LogP contribution in [0.3, 0.4) is 0 Å². The van der Waals surface area contributed by atoms with Gasteiger partial charge in [0.25, 0.3) is 5.69 Å². The molecule has 4 aromatic rings. The summed E-state index contributed by atoms with van der Waals surface area (Å²) in [6, 6.07) is 17.8. The van der Waals surface area contributed by atoms with Crippen LogP contribution in [0, 0.1) is 10.1 Å². The maximum Gasteiger partial charge on any atom is 0.269 e. The van der Waals surface area contributed by atoms with Gasteiger partial charge in [-0.2, -0.15) is 0 Å². The van der Waals surface area contributed by atoms with Gasteiger partial charge in [-0.15, -0.1) is 0 Å². The number of para-hydroxylation sites is 2. The molecule has 4 rings (SSSR count). The van der Waals surface area contributed by atoms with Crippen LogP contribution in [-0.4, -0.2) is 14.9 Å². The number of aromatic amines is 1. The lowest BCUT2D eigenvalue weighted by Gasteiger charge is -1.96. The zero-order chi connectivity index (χ0) is 17.2. The minimum atomic E-state index is -0.423. The van der Waals surface area contributed by atoms with Crippen LogP contribution >= 0.6 is 0 Å². The first-order chi connectivity index (χ1) is 12.2. The fourth-order valence-corrected chi connectivity index (χ4v) is 2.56. The van der Waals surface area contributed by atoms with Crippen molar-refractivity contribution < 1.29 is 9.34 Å². The van der Waals surface area contributed by atoms with Crippen LogP contribution in [-0.2, 0) is 0 Å². The van der Waals surface area contributed by atoms with E-state index in [0.717, 1.165) is 22.4 Å². The van der Waals surface area contributed by atoms with Gasteiger partial charge >= 0.3 is 0 Å². The van der Waals surface area contributed by atoms with Crippen LogP contribution < -0.4 is 0 Å². The van der Waals surface area contributed by atoms with Gasteiger partial charge in [-0.1, -0.05) is 12.1 Å². The summed E-state index contributed by atoms with van der Waals surface area (Å²) in [5.41, 5.74) is 2.73. The van der Waals surface area contributed by atoms with Crippen LogP contribution in [0.25, 0.3) is 34.5 Å². The molecule has 2 aromatic heterocycles. The fourth-order valence-electron chi connectivity index (χ4n) is 2.56. The summed E-state index contributed by atoms with van der Waals surface area (Å²) in [6.45, 7) is 0. The molecule has 0 atom stereocenters. The van der Waals surface area contributed by atoms with E-state index in [9.17, 15) is 10.1 Å². The van der Waals surface area contributed by atoms with Crippen LogP contribution in [0.15, 0.2) is 65.1 Å². The minimum absolute atomic E-state index is 0.0558. The molecule has 6 heteroatoms. The van der Waals surface area contributed by atoms with Crippen molar-refractivity contribution in [1.82, 2.24) is 9.97 Å². The Kier molecular flexibility index (Phi) is 3.63. The van der Waals surface area contributed by atoms with Gasteiger partial charge in [0.15, 0.2) is 0 Å². The number of nitrogens with zero attached hydrogens (tertiary/aromatic N) is 2. The monoisotopic (exact) mass is 331 g/mol. The maximum atomic E-state index is 10.7. The lowest BCUT2D eigenvalue weighted by atomic mass is 10.1. The van der Waals surface area contributed by atoms with Crippen molar-refractivity contribution >= 4 is 28.9 Å². The Balaban J connectivity index is 1.55. The second-order valence-electron chi connectivity index (χ2n) is 5.48. The van der Waals surface area contributed by atoms with Crippen LogP contribution in [0.1, 0.15) is 11.6 Å². The van der Waals surface area contributed by atoms with Gasteiger partial charge in [-0.25, -0.2) is 4.98 Å². The third kappa shape index (κ3) is 3.05. The van der Waals surface area contributed by atoms with Crippen molar-refractivity contribution in [2.24, 2.45) is 0 Å². The topological polar surface area (TPSA) is 85.0 Å². The molecular weight excluding hydrogens is 318 g/mol. The van der Waals surface area contributed by atoms with Crippen LogP contribution in [0.4, 0.5) is 5.69 Å². The van der Waals surface area contributed by atoms with E-state index in [1.165, 1.54) is 12.1 Å². The number of non-ortho nitro benzene ring substituents is 1. The summed E-state index contributed by atoms with van der Waals surface area (Å²) in [4.78, 5) is 18.0. The number of nitro groups is 1. The fraction of sp³-hybridized carbons (Fsp3) is 0. The molecule has 0 saturated heterocycles. The highest BCUT2D eigenvalue weighted by Gasteiger charge is 2.08. The summed E-state index contributed by atoms with van der Waals surface area (Å²) in [5.74, 6) is 2.07. The van der Waals surface area contributed by atoms with E-state index in [1.54, 1.807) is 12.1 Å². The van der Waals surface area contributed by atoms with Crippen molar-refractivity contribution in [3.05, 3.63) is 82.4 Å². The number of hydrogen-bond donors (Lipinski definition) is 1. The zero-order valence-corrected chi connectivity index (χ0v) is 13.0. The molecule has 0 aliphatic rings. The standard InChI is InChI=1S/C19H13N3O3/c23-22(24)14-7-5-13(6-8-14)18-11-9-15(25-18)10-12-19-20-16-3-1-2-4-17(16)21-19/h1-12H,(H,20,21)/b12-10+. The highest BCUT2D eigenvalue weighted by Crippen LogP contribution is 2.25. The molecular formula is C19H13N3O3. The largest absolute Gasteiger partial charge is 0.457 e. The van der Waals surface area contributed by atoms with Gasteiger partial charge in [0.05, 0.1) is 16.0 Å². The molecule has 0 amide bonds. The van der Waals surface area contributed by atoms with Gasteiger partial charge in [-0.3, -0.25) is 10.1 Å². The number of nitro benzene ring substituents is 1. The second kappa shape index (κ2) is 6.09. The smallest absolute Gasteiger partial charge is 0.269 e. The third-order valence-corrected chi connectivity index (χ3v) is 3.80. The van der Waals surface area contributed by atoms with E-state index in [1.807, 2.05) is 48.6 Å². The van der Waals surface area contributed by atoms with E-state index in [-0.39, 0.29) is 5.69 Å². The Bertz CT molecular complexity index is 1040. The van der Waals surface area contributed by atoms with E-state index in [2.05, 4.69) is 9.97 Å². The highest BCUT2D eigenvalue weighted by molar-refractivity contribution is 5.78. The SMILES string of the molecule is O=[N+]([O-])c1ccc(-c2ccc(/C=C/c3nc4ccccc4[nH]3)o2)cc1. The number of nitrogens with one attached hydrogen (secondary N) is 1. The third-order valence-electron chi connectivity index (χ3n) is 3.80. The summed E-state index contributed by atoms with van der Waals surface area (Å²) in [6.07, 6.45) is 3.67. The summed E-state index contributed by atoms with van der Waals surface area (Å²) in [5, 5.41) is 10.7. The first kappa shape index (κ1) is 14.9. The molecule has 0 aliphatic heterocycles. The maximum absolute atomic E-state index is 10.7. The first-order valence-electron chi connectivity index (χ1n) is 7.66. The van der Waals surface area contributed by atoms with Crippen molar-refractivity contribution in [3.63, 3.8) is 0 Å². The average molecular weight is 331 g/mol. The van der Waals surface area contributed by atoms with Crippen molar-refractivity contribution in [2.75, 3.05) is 0 Å². The molecule has 25 heavy (non-hydrogen) atoms. The number of rotatable bonds is 4. The number of H-pyrrole nitrogens is 1. The molecule has 0 saturated carbocycles. The number of hydrogen-bond acceptors (Lipinski definition) is 4. The predicted octanol–water partition coefficient (Wildman–Crippen LogP) is 4.90. The van der Waals surface area contributed by atoms with Gasteiger partial charge in [0.2, 0.25) is 0 Å². The molecule has 2 heterocycles. The van der Waals surface area contributed by atoms with Gasteiger partial charge in [0.1, 0.15) is 17.3 Å². The highest BCUT2D eigenvalue weighted by atomic mass is 16.6. The van der Waals surface area contributed by atoms with Gasteiger partial charge < -0.3 is 9.40 Å². The van der Waals surface area contributed by atoms with E-state index in [4.69, 9.17) is 4.42 Å². The normalized spacial score (nSPS) is 11.4. The van der Waals surface area contributed by atoms with Crippen LogP contribution in [0.5, 0.6) is 0 Å². The number of benzene rings is 2. The molecule has 0 radical (unpaired) electrons.